The SMILES string of the molecule is C[C@H]1CC(C)(C)C[C@]2(C1)NC(=O)N(CC(=O)Nc1cccc3ncccc13)C2=O. The minimum absolute atomic E-state index is 0.0468. The van der Waals surface area contributed by atoms with Crippen molar-refractivity contribution >= 4 is 34.4 Å². The largest absolute Gasteiger partial charge is 0.325 e. The van der Waals surface area contributed by atoms with Gasteiger partial charge >= 0.3 is 6.03 Å². The number of nitrogens with zero attached hydrogens (tertiary/aromatic N) is 2. The number of aromatic nitrogens is 1. The van der Waals surface area contributed by atoms with E-state index < -0.39 is 17.5 Å². The monoisotopic (exact) mass is 394 g/mol. The third-order valence-corrected chi connectivity index (χ3v) is 5.85. The standard InChI is InChI=1S/C22H26N4O3/c1-14-10-21(2,3)13-22(11-14)19(28)26(20(29)25-22)12-18(27)24-17-8-4-7-16-15(17)6-5-9-23-16/h4-9,14H,10-13H2,1-3H3,(H,24,27)(H,25,29)/t14-,22-/m0/s1. The molecule has 4 amide bonds. The highest BCUT2D eigenvalue weighted by Crippen LogP contribution is 2.46. The lowest BCUT2D eigenvalue weighted by Crippen LogP contribution is -2.54. The van der Waals surface area contributed by atoms with Crippen LogP contribution in [0.4, 0.5) is 10.5 Å². The number of imide groups is 1. The van der Waals surface area contributed by atoms with Crippen LogP contribution in [0.25, 0.3) is 10.9 Å². The molecule has 4 rings (SSSR count). The van der Waals surface area contributed by atoms with E-state index in [1.54, 1.807) is 24.4 Å². The van der Waals surface area contributed by atoms with Crippen LogP contribution in [0.1, 0.15) is 40.0 Å². The van der Waals surface area contributed by atoms with Gasteiger partial charge in [-0.15, -0.1) is 0 Å². The predicted octanol–water partition coefficient (Wildman–Crippen LogP) is 3.31. The quantitative estimate of drug-likeness (QED) is 0.782. The number of benzene rings is 1. The van der Waals surface area contributed by atoms with E-state index in [0.29, 0.717) is 24.4 Å². The first-order valence-electron chi connectivity index (χ1n) is 9.97. The van der Waals surface area contributed by atoms with Gasteiger partial charge in [0.05, 0.1) is 11.2 Å². The molecule has 1 aliphatic heterocycles. The smallest absolute Gasteiger partial charge is 0.324 e. The summed E-state index contributed by atoms with van der Waals surface area (Å²) in [6.07, 6.45) is 3.89. The van der Waals surface area contributed by atoms with Crippen LogP contribution in [0.15, 0.2) is 36.5 Å². The zero-order valence-electron chi connectivity index (χ0n) is 17.0. The Labute approximate surface area is 169 Å². The lowest BCUT2D eigenvalue weighted by Gasteiger charge is -2.43. The van der Waals surface area contributed by atoms with Crippen molar-refractivity contribution < 1.29 is 14.4 Å². The van der Waals surface area contributed by atoms with Gasteiger partial charge in [0.2, 0.25) is 5.91 Å². The van der Waals surface area contributed by atoms with Crippen molar-refractivity contribution in [2.75, 3.05) is 11.9 Å². The Morgan fingerprint density at radius 3 is 2.79 bits per heavy atom. The van der Waals surface area contributed by atoms with Crippen LogP contribution in [0, 0.1) is 11.3 Å². The van der Waals surface area contributed by atoms with Crippen molar-refractivity contribution in [3.63, 3.8) is 0 Å². The van der Waals surface area contributed by atoms with Gasteiger partial charge in [0, 0.05) is 11.6 Å². The first-order valence-corrected chi connectivity index (χ1v) is 9.97. The van der Waals surface area contributed by atoms with E-state index in [1.165, 1.54) is 0 Å². The summed E-state index contributed by atoms with van der Waals surface area (Å²) >= 11 is 0. The molecule has 2 atom stereocenters. The fourth-order valence-corrected chi connectivity index (χ4v) is 5.20. The van der Waals surface area contributed by atoms with Gasteiger partial charge in [0.15, 0.2) is 0 Å². The summed E-state index contributed by atoms with van der Waals surface area (Å²) < 4.78 is 0. The summed E-state index contributed by atoms with van der Waals surface area (Å²) in [5.41, 5.74) is 0.420. The minimum atomic E-state index is -0.901. The van der Waals surface area contributed by atoms with Crippen LogP contribution in [-0.4, -0.2) is 39.8 Å². The first kappa shape index (κ1) is 19.4. The predicted molar refractivity (Wildman–Crippen MR) is 110 cm³/mol. The number of carbonyl (C=O) groups is 3. The second-order valence-electron chi connectivity index (χ2n) is 9.18. The molecular formula is C22H26N4O3. The normalized spacial score (nSPS) is 26.0. The van der Waals surface area contributed by atoms with E-state index in [2.05, 4.69) is 36.4 Å². The second kappa shape index (κ2) is 6.83. The van der Waals surface area contributed by atoms with Crippen molar-refractivity contribution in [3.8, 4) is 0 Å². The topological polar surface area (TPSA) is 91.4 Å². The van der Waals surface area contributed by atoms with Gasteiger partial charge < -0.3 is 10.6 Å². The second-order valence-corrected chi connectivity index (χ2v) is 9.18. The van der Waals surface area contributed by atoms with Crippen LogP contribution < -0.4 is 10.6 Å². The molecule has 1 spiro atoms. The molecule has 1 aromatic heterocycles. The average molecular weight is 394 g/mol. The molecule has 1 aliphatic carbocycles. The van der Waals surface area contributed by atoms with Gasteiger partial charge in [0.25, 0.3) is 5.91 Å². The maximum absolute atomic E-state index is 13.2. The number of pyridine rings is 1. The molecule has 0 unspecified atom stereocenters. The highest BCUT2D eigenvalue weighted by atomic mass is 16.2. The molecule has 1 saturated carbocycles. The number of rotatable bonds is 3. The van der Waals surface area contributed by atoms with Gasteiger partial charge in [-0.1, -0.05) is 26.8 Å². The number of urea groups is 1. The van der Waals surface area contributed by atoms with Crippen LogP contribution in [-0.2, 0) is 9.59 Å². The minimum Gasteiger partial charge on any atom is -0.324 e. The number of hydrogen-bond donors (Lipinski definition) is 2. The molecule has 2 heterocycles. The van der Waals surface area contributed by atoms with Crippen LogP contribution in [0.3, 0.4) is 0 Å². The summed E-state index contributed by atoms with van der Waals surface area (Å²) in [5, 5.41) is 6.52. The third kappa shape index (κ3) is 3.57. The summed E-state index contributed by atoms with van der Waals surface area (Å²) in [5.74, 6) is -0.387. The van der Waals surface area contributed by atoms with Crippen molar-refractivity contribution in [1.29, 1.82) is 0 Å². The number of hydrogen-bond acceptors (Lipinski definition) is 4. The molecule has 1 saturated heterocycles. The molecule has 2 N–H and O–H groups in total. The van der Waals surface area contributed by atoms with E-state index >= 15 is 0 Å². The molecule has 2 fully saturated rings. The molecule has 2 aromatic rings. The van der Waals surface area contributed by atoms with E-state index in [0.717, 1.165) is 22.2 Å². The molecule has 0 radical (unpaired) electrons. The third-order valence-electron chi connectivity index (χ3n) is 5.85. The van der Waals surface area contributed by atoms with Gasteiger partial charge in [-0.05, 0) is 54.9 Å². The number of nitrogens with one attached hydrogen (secondary N) is 2. The fraction of sp³-hybridized carbons (Fsp3) is 0.455. The molecule has 152 valence electrons. The average Bonchev–Trinajstić information content (AvgIpc) is 2.83. The highest BCUT2D eigenvalue weighted by Gasteiger charge is 2.56. The molecular weight excluding hydrogens is 368 g/mol. The zero-order valence-corrected chi connectivity index (χ0v) is 17.0. The number of fused-ring (bicyclic) bond motifs is 1. The Balaban J connectivity index is 1.51. The van der Waals surface area contributed by atoms with Gasteiger partial charge in [-0.3, -0.25) is 19.5 Å². The van der Waals surface area contributed by atoms with Gasteiger partial charge in [-0.25, -0.2) is 4.79 Å². The lowest BCUT2D eigenvalue weighted by molar-refractivity contribution is -0.136. The maximum Gasteiger partial charge on any atom is 0.325 e. The van der Waals surface area contributed by atoms with Crippen molar-refractivity contribution in [1.82, 2.24) is 15.2 Å². The molecule has 7 nitrogen and oxygen atoms in total. The van der Waals surface area contributed by atoms with Crippen LogP contribution >= 0.6 is 0 Å². The number of amides is 4. The Bertz CT molecular complexity index is 997. The molecule has 7 heteroatoms. The molecule has 1 aromatic carbocycles. The number of anilines is 1. The Kier molecular flexibility index (Phi) is 4.56. The maximum atomic E-state index is 13.2. The van der Waals surface area contributed by atoms with Crippen molar-refractivity contribution in [2.45, 2.75) is 45.6 Å². The highest BCUT2D eigenvalue weighted by molar-refractivity contribution is 6.11. The first-order chi connectivity index (χ1) is 13.7. The molecule has 29 heavy (non-hydrogen) atoms. The van der Waals surface area contributed by atoms with Crippen molar-refractivity contribution in [3.05, 3.63) is 36.5 Å². The molecule has 2 aliphatic rings. The zero-order chi connectivity index (χ0) is 20.8. The van der Waals surface area contributed by atoms with E-state index in [-0.39, 0.29) is 17.9 Å². The fourth-order valence-electron chi connectivity index (χ4n) is 5.20. The van der Waals surface area contributed by atoms with Gasteiger partial charge in [0.1, 0.15) is 12.1 Å². The summed E-state index contributed by atoms with van der Waals surface area (Å²) in [4.78, 5) is 43.7. The Morgan fingerprint density at radius 2 is 2.03 bits per heavy atom. The van der Waals surface area contributed by atoms with E-state index in [1.807, 2.05) is 12.1 Å². The van der Waals surface area contributed by atoms with Crippen LogP contribution in [0.5, 0.6) is 0 Å². The van der Waals surface area contributed by atoms with Crippen molar-refractivity contribution in [2.24, 2.45) is 11.3 Å². The van der Waals surface area contributed by atoms with Gasteiger partial charge in [-0.2, -0.15) is 0 Å². The van der Waals surface area contributed by atoms with Crippen LogP contribution in [0.2, 0.25) is 0 Å². The summed E-state index contributed by atoms with van der Waals surface area (Å²) in [6.45, 7) is 6.03. The number of carbonyl (C=O) groups excluding carboxylic acids is 3. The van der Waals surface area contributed by atoms with E-state index in [9.17, 15) is 14.4 Å². The Hall–Kier alpha value is -2.96. The lowest BCUT2D eigenvalue weighted by atomic mass is 9.64. The summed E-state index contributed by atoms with van der Waals surface area (Å²) in [7, 11) is 0. The summed E-state index contributed by atoms with van der Waals surface area (Å²) in [6, 6.07) is 8.62. The molecule has 0 bridgehead atoms. The Morgan fingerprint density at radius 1 is 1.24 bits per heavy atom. The van der Waals surface area contributed by atoms with E-state index in [4.69, 9.17) is 0 Å².